The van der Waals surface area contributed by atoms with E-state index in [2.05, 4.69) is 18.6 Å². The molecule has 0 heterocycles. The standard InChI is InChI=1S/C13H18F3NO.ClH/c1-9(2)6-7-12(17)10-4-3-5-11(8-10)18-13(14,15)16;/h3-5,8-9,12H,6-7,17H2,1-2H3;1H/t12-;/m0./s1. The Kier molecular flexibility index (Phi) is 7.23. The van der Waals surface area contributed by atoms with E-state index in [1.165, 1.54) is 18.2 Å². The van der Waals surface area contributed by atoms with Gasteiger partial charge in [0, 0.05) is 6.04 Å². The van der Waals surface area contributed by atoms with Gasteiger partial charge >= 0.3 is 6.36 Å². The summed E-state index contributed by atoms with van der Waals surface area (Å²) in [7, 11) is 0. The van der Waals surface area contributed by atoms with E-state index in [0.29, 0.717) is 11.5 Å². The third-order valence-corrected chi connectivity index (χ3v) is 2.57. The second-order valence-electron chi connectivity index (χ2n) is 4.70. The number of hydrogen-bond donors (Lipinski definition) is 1. The van der Waals surface area contributed by atoms with Crippen molar-refractivity contribution in [2.24, 2.45) is 11.7 Å². The number of ether oxygens (including phenoxy) is 1. The van der Waals surface area contributed by atoms with Crippen LogP contribution in [-0.4, -0.2) is 6.36 Å². The van der Waals surface area contributed by atoms with Gasteiger partial charge in [-0.25, -0.2) is 0 Å². The van der Waals surface area contributed by atoms with Gasteiger partial charge in [-0.05, 0) is 36.5 Å². The van der Waals surface area contributed by atoms with E-state index in [-0.39, 0.29) is 24.2 Å². The minimum absolute atomic E-state index is 0. The van der Waals surface area contributed by atoms with Crippen LogP contribution in [0.25, 0.3) is 0 Å². The topological polar surface area (TPSA) is 35.2 Å². The highest BCUT2D eigenvalue weighted by atomic mass is 35.5. The fraction of sp³-hybridized carbons (Fsp3) is 0.538. The van der Waals surface area contributed by atoms with Crippen molar-refractivity contribution >= 4 is 12.4 Å². The van der Waals surface area contributed by atoms with Gasteiger partial charge in [0.05, 0.1) is 0 Å². The Morgan fingerprint density at radius 1 is 1.21 bits per heavy atom. The molecule has 0 saturated carbocycles. The zero-order valence-electron chi connectivity index (χ0n) is 10.9. The van der Waals surface area contributed by atoms with Crippen LogP contribution in [0.5, 0.6) is 5.75 Å². The molecule has 2 nitrogen and oxygen atoms in total. The molecule has 0 saturated heterocycles. The van der Waals surface area contributed by atoms with Crippen LogP contribution in [0.2, 0.25) is 0 Å². The van der Waals surface area contributed by atoms with Crippen molar-refractivity contribution in [1.82, 2.24) is 0 Å². The first-order chi connectivity index (χ1) is 8.28. The molecule has 0 spiro atoms. The molecule has 0 bridgehead atoms. The third-order valence-electron chi connectivity index (χ3n) is 2.57. The monoisotopic (exact) mass is 297 g/mol. The van der Waals surface area contributed by atoms with Crippen molar-refractivity contribution in [3.05, 3.63) is 29.8 Å². The fourth-order valence-electron chi connectivity index (χ4n) is 1.62. The lowest BCUT2D eigenvalue weighted by molar-refractivity contribution is -0.274. The quantitative estimate of drug-likeness (QED) is 0.872. The van der Waals surface area contributed by atoms with E-state index in [4.69, 9.17) is 5.73 Å². The Morgan fingerprint density at radius 3 is 2.37 bits per heavy atom. The van der Waals surface area contributed by atoms with Crippen LogP contribution in [0.4, 0.5) is 13.2 Å². The molecule has 0 fully saturated rings. The van der Waals surface area contributed by atoms with Crippen LogP contribution in [0, 0.1) is 5.92 Å². The largest absolute Gasteiger partial charge is 0.573 e. The summed E-state index contributed by atoms with van der Waals surface area (Å²) in [5, 5.41) is 0. The summed E-state index contributed by atoms with van der Waals surface area (Å²) >= 11 is 0. The summed E-state index contributed by atoms with van der Waals surface area (Å²) in [5.74, 6) is 0.297. The van der Waals surface area contributed by atoms with Gasteiger partial charge in [-0.3, -0.25) is 0 Å². The zero-order valence-corrected chi connectivity index (χ0v) is 11.7. The lowest BCUT2D eigenvalue weighted by Gasteiger charge is -2.15. The molecule has 6 heteroatoms. The maximum Gasteiger partial charge on any atom is 0.573 e. The Balaban J connectivity index is 0.00000324. The summed E-state index contributed by atoms with van der Waals surface area (Å²) in [6.07, 6.45) is -2.99. The highest BCUT2D eigenvalue weighted by molar-refractivity contribution is 5.85. The van der Waals surface area contributed by atoms with Gasteiger partial charge in [0.1, 0.15) is 5.75 Å². The van der Waals surface area contributed by atoms with Gasteiger partial charge < -0.3 is 10.5 Å². The smallest absolute Gasteiger partial charge is 0.406 e. The van der Waals surface area contributed by atoms with Gasteiger partial charge in [0.25, 0.3) is 0 Å². The number of hydrogen-bond acceptors (Lipinski definition) is 2. The Labute approximate surface area is 117 Å². The van der Waals surface area contributed by atoms with Gasteiger partial charge in [-0.15, -0.1) is 25.6 Å². The van der Waals surface area contributed by atoms with Crippen LogP contribution in [0.1, 0.15) is 38.3 Å². The van der Waals surface area contributed by atoms with Crippen LogP contribution in [-0.2, 0) is 0 Å². The van der Waals surface area contributed by atoms with E-state index >= 15 is 0 Å². The molecule has 0 aliphatic rings. The SMILES string of the molecule is CC(C)CC[C@H](N)c1cccc(OC(F)(F)F)c1.Cl. The Hall–Kier alpha value is -0.940. The summed E-state index contributed by atoms with van der Waals surface area (Å²) in [6, 6.07) is 5.59. The minimum atomic E-state index is -4.67. The normalized spacial score (nSPS) is 13.0. The molecule has 0 aromatic heterocycles. The van der Waals surface area contributed by atoms with E-state index in [0.717, 1.165) is 12.8 Å². The van der Waals surface area contributed by atoms with Gasteiger partial charge in [-0.2, -0.15) is 0 Å². The predicted octanol–water partition coefficient (Wildman–Crippen LogP) is 4.44. The maximum absolute atomic E-state index is 12.1. The Bertz CT molecular complexity index is 382. The van der Waals surface area contributed by atoms with Gasteiger partial charge in [-0.1, -0.05) is 26.0 Å². The lowest BCUT2D eigenvalue weighted by atomic mass is 9.98. The number of rotatable bonds is 5. The van der Waals surface area contributed by atoms with Crippen molar-refractivity contribution in [3.8, 4) is 5.75 Å². The molecule has 110 valence electrons. The first-order valence-electron chi connectivity index (χ1n) is 5.89. The highest BCUT2D eigenvalue weighted by Crippen LogP contribution is 2.26. The molecular formula is C13H19ClF3NO. The summed E-state index contributed by atoms with van der Waals surface area (Å²) in [5.41, 5.74) is 6.60. The van der Waals surface area contributed by atoms with Crippen molar-refractivity contribution in [2.45, 2.75) is 39.1 Å². The maximum atomic E-state index is 12.1. The van der Waals surface area contributed by atoms with Crippen molar-refractivity contribution in [1.29, 1.82) is 0 Å². The molecular weight excluding hydrogens is 279 g/mol. The predicted molar refractivity (Wildman–Crippen MR) is 71.4 cm³/mol. The molecule has 2 N–H and O–H groups in total. The minimum Gasteiger partial charge on any atom is -0.406 e. The van der Waals surface area contributed by atoms with Gasteiger partial charge in [0.2, 0.25) is 0 Å². The highest BCUT2D eigenvalue weighted by Gasteiger charge is 2.31. The summed E-state index contributed by atoms with van der Waals surface area (Å²) in [4.78, 5) is 0. The van der Waals surface area contributed by atoms with Crippen LogP contribution in [0.15, 0.2) is 24.3 Å². The second-order valence-corrected chi connectivity index (χ2v) is 4.70. The molecule has 0 aliphatic heterocycles. The van der Waals surface area contributed by atoms with E-state index in [1.54, 1.807) is 6.07 Å². The third kappa shape index (κ3) is 7.28. The zero-order chi connectivity index (χ0) is 13.8. The number of halogens is 4. The summed E-state index contributed by atoms with van der Waals surface area (Å²) in [6.45, 7) is 4.16. The van der Waals surface area contributed by atoms with E-state index in [1.807, 2.05) is 0 Å². The molecule has 1 aromatic carbocycles. The van der Waals surface area contributed by atoms with Crippen molar-refractivity contribution in [2.75, 3.05) is 0 Å². The molecule has 0 unspecified atom stereocenters. The molecule has 19 heavy (non-hydrogen) atoms. The molecule has 1 atom stereocenters. The number of nitrogens with two attached hydrogens (primary N) is 1. The van der Waals surface area contributed by atoms with Crippen molar-refractivity contribution in [3.63, 3.8) is 0 Å². The fourth-order valence-corrected chi connectivity index (χ4v) is 1.62. The molecule has 0 aliphatic carbocycles. The van der Waals surface area contributed by atoms with Crippen molar-refractivity contribution < 1.29 is 17.9 Å². The Morgan fingerprint density at radius 2 is 1.84 bits per heavy atom. The van der Waals surface area contributed by atoms with Crippen LogP contribution in [0.3, 0.4) is 0 Å². The van der Waals surface area contributed by atoms with E-state index in [9.17, 15) is 13.2 Å². The van der Waals surface area contributed by atoms with Gasteiger partial charge in [0.15, 0.2) is 0 Å². The average molecular weight is 298 g/mol. The van der Waals surface area contributed by atoms with Crippen LogP contribution < -0.4 is 10.5 Å². The lowest BCUT2D eigenvalue weighted by Crippen LogP contribution is -2.18. The van der Waals surface area contributed by atoms with E-state index < -0.39 is 6.36 Å². The second kappa shape index (κ2) is 7.60. The first kappa shape index (κ1) is 18.1. The first-order valence-corrected chi connectivity index (χ1v) is 5.89. The average Bonchev–Trinajstić information content (AvgIpc) is 2.23. The van der Waals surface area contributed by atoms with Crippen LogP contribution >= 0.6 is 12.4 Å². The molecule has 1 rings (SSSR count). The molecule has 1 aromatic rings. The molecule has 0 radical (unpaired) electrons. The summed E-state index contributed by atoms with van der Waals surface area (Å²) < 4.78 is 40.1. The number of benzene rings is 1. The number of alkyl halides is 3. The molecule has 0 amide bonds.